The van der Waals surface area contributed by atoms with Crippen molar-refractivity contribution in [2.24, 2.45) is 0 Å². The second-order valence-corrected chi connectivity index (χ2v) is 6.51. The zero-order chi connectivity index (χ0) is 14.4. The first-order chi connectivity index (χ1) is 10.2. The predicted molar refractivity (Wildman–Crippen MR) is 83.2 cm³/mol. The Morgan fingerprint density at radius 3 is 3.10 bits per heavy atom. The van der Waals surface area contributed by atoms with E-state index in [4.69, 9.17) is 11.6 Å². The van der Waals surface area contributed by atoms with Crippen LogP contribution in [0.15, 0.2) is 30.5 Å². The van der Waals surface area contributed by atoms with E-state index in [1.807, 2.05) is 25.3 Å². The lowest BCUT2D eigenvalue weighted by molar-refractivity contribution is 0.166. The predicted octanol–water partition coefficient (Wildman–Crippen LogP) is 3.70. The average molecular weight is 300 g/mol. The summed E-state index contributed by atoms with van der Waals surface area (Å²) in [5.74, 6) is 0.886. The standard InChI is InChI=1S/C17H18ClN3/c1-11-19-9-15-16(20-11)8-14-5-6-17(15)21(14)10-12-3-2-4-13(18)7-12/h2-4,7,9,14,17H,5-6,8,10H2,1H3/t14-,17+/m1/s1. The van der Waals surface area contributed by atoms with Crippen LogP contribution in [0.3, 0.4) is 0 Å². The summed E-state index contributed by atoms with van der Waals surface area (Å²) < 4.78 is 0. The van der Waals surface area contributed by atoms with E-state index < -0.39 is 0 Å². The van der Waals surface area contributed by atoms with Gasteiger partial charge in [-0.05, 0) is 37.5 Å². The van der Waals surface area contributed by atoms with Crippen LogP contribution in [-0.2, 0) is 13.0 Å². The molecule has 2 aromatic rings. The Hall–Kier alpha value is -1.45. The summed E-state index contributed by atoms with van der Waals surface area (Å²) in [6.07, 6.45) is 5.55. The fraction of sp³-hybridized carbons (Fsp3) is 0.412. The third-order valence-corrected chi connectivity index (χ3v) is 4.94. The Balaban J connectivity index is 1.65. The Bertz CT molecular complexity index is 685. The number of hydrogen-bond acceptors (Lipinski definition) is 3. The summed E-state index contributed by atoms with van der Waals surface area (Å²) in [7, 11) is 0. The summed E-state index contributed by atoms with van der Waals surface area (Å²) in [6.45, 7) is 2.93. The minimum Gasteiger partial charge on any atom is -0.289 e. The van der Waals surface area contributed by atoms with Gasteiger partial charge in [0.25, 0.3) is 0 Å². The molecule has 0 saturated carbocycles. The van der Waals surface area contributed by atoms with Crippen molar-refractivity contribution in [2.45, 2.75) is 44.8 Å². The van der Waals surface area contributed by atoms with Gasteiger partial charge in [-0.15, -0.1) is 0 Å². The number of fused-ring (bicyclic) bond motifs is 4. The number of aromatic nitrogens is 2. The maximum atomic E-state index is 6.11. The van der Waals surface area contributed by atoms with Gasteiger partial charge < -0.3 is 0 Å². The smallest absolute Gasteiger partial charge is 0.125 e. The SMILES string of the molecule is Cc1ncc2c(n1)C[C@H]1CC[C@@H]2N1Cc1cccc(Cl)c1. The maximum Gasteiger partial charge on any atom is 0.125 e. The molecule has 4 heteroatoms. The van der Waals surface area contributed by atoms with E-state index in [9.17, 15) is 0 Å². The molecule has 2 aliphatic heterocycles. The number of hydrogen-bond donors (Lipinski definition) is 0. The van der Waals surface area contributed by atoms with Gasteiger partial charge in [0.15, 0.2) is 0 Å². The molecule has 0 N–H and O–H groups in total. The van der Waals surface area contributed by atoms with Crippen molar-refractivity contribution in [3.8, 4) is 0 Å². The summed E-state index contributed by atoms with van der Waals surface area (Å²) in [6, 6.07) is 9.27. The van der Waals surface area contributed by atoms with Crippen LogP contribution in [0.5, 0.6) is 0 Å². The first kappa shape index (κ1) is 13.2. The fourth-order valence-corrected chi connectivity index (χ4v) is 3.98. The molecule has 108 valence electrons. The van der Waals surface area contributed by atoms with Crippen LogP contribution in [0, 0.1) is 6.92 Å². The summed E-state index contributed by atoms with van der Waals surface area (Å²) in [5.41, 5.74) is 3.88. The Labute approximate surface area is 130 Å². The molecule has 1 aromatic carbocycles. The molecule has 4 rings (SSSR count). The van der Waals surface area contributed by atoms with Gasteiger partial charge in [-0.25, -0.2) is 9.97 Å². The number of aryl methyl sites for hydroxylation is 1. The maximum absolute atomic E-state index is 6.11. The highest BCUT2D eigenvalue weighted by Crippen LogP contribution is 2.43. The first-order valence-electron chi connectivity index (χ1n) is 7.53. The van der Waals surface area contributed by atoms with E-state index in [1.165, 1.54) is 29.7 Å². The largest absolute Gasteiger partial charge is 0.289 e. The lowest BCUT2D eigenvalue weighted by atomic mass is 9.98. The fourth-order valence-electron chi connectivity index (χ4n) is 3.77. The van der Waals surface area contributed by atoms with Crippen LogP contribution in [-0.4, -0.2) is 20.9 Å². The average Bonchev–Trinajstić information content (AvgIpc) is 2.73. The van der Waals surface area contributed by atoms with Crippen LogP contribution in [0.25, 0.3) is 0 Å². The van der Waals surface area contributed by atoms with Crippen molar-refractivity contribution in [3.63, 3.8) is 0 Å². The van der Waals surface area contributed by atoms with E-state index in [-0.39, 0.29) is 0 Å². The van der Waals surface area contributed by atoms with Crippen LogP contribution >= 0.6 is 11.6 Å². The van der Waals surface area contributed by atoms with Crippen molar-refractivity contribution < 1.29 is 0 Å². The van der Waals surface area contributed by atoms with Crippen molar-refractivity contribution in [2.75, 3.05) is 0 Å². The quantitative estimate of drug-likeness (QED) is 0.846. The third kappa shape index (κ3) is 2.34. The first-order valence-corrected chi connectivity index (χ1v) is 7.91. The highest BCUT2D eigenvalue weighted by atomic mass is 35.5. The van der Waals surface area contributed by atoms with Gasteiger partial charge in [0.1, 0.15) is 5.82 Å². The molecule has 3 heterocycles. The normalized spacial score (nSPS) is 24.1. The zero-order valence-electron chi connectivity index (χ0n) is 12.1. The van der Waals surface area contributed by atoms with Crippen LogP contribution in [0.2, 0.25) is 5.02 Å². The van der Waals surface area contributed by atoms with Gasteiger partial charge in [0.05, 0.1) is 5.69 Å². The lowest BCUT2D eigenvalue weighted by Crippen LogP contribution is -2.37. The molecule has 0 spiro atoms. The highest BCUT2D eigenvalue weighted by Gasteiger charge is 2.40. The van der Waals surface area contributed by atoms with Crippen molar-refractivity contribution in [1.82, 2.24) is 14.9 Å². The molecule has 1 saturated heterocycles. The van der Waals surface area contributed by atoms with Gasteiger partial charge in [0, 0.05) is 41.8 Å². The monoisotopic (exact) mass is 299 g/mol. The van der Waals surface area contributed by atoms with Gasteiger partial charge in [0.2, 0.25) is 0 Å². The minimum absolute atomic E-state index is 0.471. The second kappa shape index (κ2) is 5.08. The topological polar surface area (TPSA) is 29.0 Å². The Morgan fingerprint density at radius 1 is 1.33 bits per heavy atom. The van der Waals surface area contributed by atoms with E-state index in [0.29, 0.717) is 12.1 Å². The molecule has 2 aliphatic rings. The summed E-state index contributed by atoms with van der Waals surface area (Å²) >= 11 is 6.11. The number of benzene rings is 1. The van der Waals surface area contributed by atoms with Gasteiger partial charge in [-0.3, -0.25) is 4.90 Å². The van der Waals surface area contributed by atoms with Crippen LogP contribution < -0.4 is 0 Å². The third-order valence-electron chi connectivity index (χ3n) is 4.71. The molecular weight excluding hydrogens is 282 g/mol. The number of halogens is 1. The molecule has 21 heavy (non-hydrogen) atoms. The Morgan fingerprint density at radius 2 is 2.24 bits per heavy atom. The molecule has 0 aliphatic carbocycles. The molecule has 2 bridgehead atoms. The molecule has 0 unspecified atom stereocenters. The van der Waals surface area contributed by atoms with Crippen molar-refractivity contribution in [1.29, 1.82) is 0 Å². The van der Waals surface area contributed by atoms with Gasteiger partial charge in [-0.2, -0.15) is 0 Å². The Kier molecular flexibility index (Phi) is 3.20. The zero-order valence-corrected chi connectivity index (χ0v) is 12.8. The molecule has 2 atom stereocenters. The number of rotatable bonds is 2. The molecule has 3 nitrogen and oxygen atoms in total. The minimum atomic E-state index is 0.471. The molecule has 0 radical (unpaired) electrons. The van der Waals surface area contributed by atoms with Gasteiger partial charge >= 0.3 is 0 Å². The van der Waals surface area contributed by atoms with Crippen LogP contribution in [0.4, 0.5) is 0 Å². The van der Waals surface area contributed by atoms with Crippen molar-refractivity contribution >= 4 is 11.6 Å². The van der Waals surface area contributed by atoms with Crippen LogP contribution in [0.1, 0.15) is 41.5 Å². The molecule has 1 aromatic heterocycles. The highest BCUT2D eigenvalue weighted by molar-refractivity contribution is 6.30. The summed E-state index contributed by atoms with van der Waals surface area (Å²) in [5, 5.41) is 0.816. The van der Waals surface area contributed by atoms with E-state index >= 15 is 0 Å². The molecule has 1 fully saturated rings. The van der Waals surface area contributed by atoms with Crippen molar-refractivity contribution in [3.05, 3.63) is 58.1 Å². The second-order valence-electron chi connectivity index (χ2n) is 6.07. The molecular formula is C17H18ClN3. The van der Waals surface area contributed by atoms with Gasteiger partial charge in [-0.1, -0.05) is 23.7 Å². The molecule has 0 amide bonds. The van der Waals surface area contributed by atoms with E-state index in [1.54, 1.807) is 0 Å². The lowest BCUT2D eigenvalue weighted by Gasteiger charge is -2.35. The number of nitrogens with zero attached hydrogens (tertiary/aromatic N) is 3. The summed E-state index contributed by atoms with van der Waals surface area (Å²) in [4.78, 5) is 11.7. The van der Waals surface area contributed by atoms with E-state index in [2.05, 4.69) is 27.0 Å². The van der Waals surface area contributed by atoms with E-state index in [0.717, 1.165) is 23.8 Å².